The minimum absolute atomic E-state index is 0.0221. The van der Waals surface area contributed by atoms with Crippen LogP contribution in [-0.2, 0) is 16.1 Å². The topological polar surface area (TPSA) is 67.3 Å². The number of aromatic nitrogens is 2. The number of anilines is 1. The smallest absolute Gasteiger partial charge is 0.226 e. The van der Waals surface area contributed by atoms with Gasteiger partial charge in [0.15, 0.2) is 0 Å². The van der Waals surface area contributed by atoms with Crippen molar-refractivity contribution < 1.29 is 9.63 Å². The molecule has 0 radical (unpaired) electrons. The van der Waals surface area contributed by atoms with Crippen LogP contribution in [0.1, 0.15) is 35.4 Å². The summed E-state index contributed by atoms with van der Waals surface area (Å²) in [5.74, 6) is 0.431. The third-order valence-corrected chi connectivity index (χ3v) is 5.33. The monoisotopic (exact) mass is 360 g/mol. The molecule has 2 heterocycles. The number of benzene rings is 1. The van der Waals surface area contributed by atoms with Gasteiger partial charge in [-0.2, -0.15) is 5.06 Å². The molecule has 6 nitrogen and oxygen atoms in total. The second-order valence-electron chi connectivity index (χ2n) is 6.47. The summed E-state index contributed by atoms with van der Waals surface area (Å²) in [7, 11) is 1.69. The maximum atomic E-state index is 12.2. The second kappa shape index (κ2) is 8.51. The van der Waals surface area contributed by atoms with E-state index in [0.29, 0.717) is 17.5 Å². The summed E-state index contributed by atoms with van der Waals surface area (Å²) in [6, 6.07) is 8.38. The van der Waals surface area contributed by atoms with Gasteiger partial charge in [0, 0.05) is 25.9 Å². The Balaban J connectivity index is 1.47. The number of carbonyl (C=O) groups excluding carboxylic acids is 1. The third kappa shape index (κ3) is 5.32. The van der Waals surface area contributed by atoms with Crippen LogP contribution >= 0.6 is 11.3 Å². The molecule has 1 aromatic carbocycles. The zero-order valence-electron chi connectivity index (χ0n) is 14.7. The molecular formula is C18H24N4O2S. The molecule has 0 spiro atoms. The Morgan fingerprint density at radius 3 is 2.68 bits per heavy atom. The van der Waals surface area contributed by atoms with Crippen molar-refractivity contribution in [3.05, 3.63) is 40.4 Å². The molecule has 3 rings (SSSR count). The lowest BCUT2D eigenvalue weighted by atomic mass is 9.94. The van der Waals surface area contributed by atoms with Crippen LogP contribution in [0.4, 0.5) is 5.13 Å². The van der Waals surface area contributed by atoms with E-state index in [9.17, 15) is 4.79 Å². The van der Waals surface area contributed by atoms with Gasteiger partial charge in [-0.15, -0.1) is 10.2 Å². The number of rotatable bonds is 6. The standard InChI is InChI=1S/C18H24N4O2S/c1-13-3-5-14(6-4-13)12-17-20-21-18(25-17)19-16(23)11-15-7-9-22(24-2)10-8-15/h3-6,15H,7-12H2,1-2H3,(H,19,21,23). The van der Waals surface area contributed by atoms with Crippen molar-refractivity contribution in [2.24, 2.45) is 5.92 Å². The van der Waals surface area contributed by atoms with Crippen LogP contribution in [0.2, 0.25) is 0 Å². The van der Waals surface area contributed by atoms with Crippen LogP contribution in [0.25, 0.3) is 0 Å². The van der Waals surface area contributed by atoms with Gasteiger partial charge < -0.3 is 10.2 Å². The zero-order valence-corrected chi connectivity index (χ0v) is 15.5. The maximum Gasteiger partial charge on any atom is 0.226 e. The molecule has 0 saturated carbocycles. The van der Waals surface area contributed by atoms with Gasteiger partial charge >= 0.3 is 0 Å². The number of nitrogens with one attached hydrogen (secondary N) is 1. The van der Waals surface area contributed by atoms with E-state index in [1.165, 1.54) is 22.5 Å². The highest BCUT2D eigenvalue weighted by molar-refractivity contribution is 7.15. The number of hydrogen-bond acceptors (Lipinski definition) is 6. The van der Waals surface area contributed by atoms with Crippen LogP contribution in [-0.4, -0.2) is 41.4 Å². The summed E-state index contributed by atoms with van der Waals surface area (Å²) in [5, 5.41) is 14.6. The Kier molecular flexibility index (Phi) is 6.12. The lowest BCUT2D eigenvalue weighted by Gasteiger charge is -2.29. The van der Waals surface area contributed by atoms with Gasteiger partial charge in [-0.25, -0.2) is 0 Å². The van der Waals surface area contributed by atoms with Gasteiger partial charge in [0.05, 0.1) is 7.11 Å². The van der Waals surface area contributed by atoms with E-state index in [-0.39, 0.29) is 5.91 Å². The summed E-state index contributed by atoms with van der Waals surface area (Å²) in [4.78, 5) is 17.4. The highest BCUT2D eigenvalue weighted by atomic mass is 32.1. The summed E-state index contributed by atoms with van der Waals surface area (Å²) in [5.41, 5.74) is 2.44. The van der Waals surface area contributed by atoms with E-state index in [4.69, 9.17) is 4.84 Å². The number of carbonyl (C=O) groups is 1. The number of hydroxylamine groups is 2. The SMILES string of the molecule is CON1CCC(CC(=O)Nc2nnc(Cc3ccc(C)cc3)s2)CC1. The summed E-state index contributed by atoms with van der Waals surface area (Å²) in [6.45, 7) is 3.84. The molecule has 1 aliphatic heterocycles. The van der Waals surface area contributed by atoms with Gasteiger partial charge in [0.1, 0.15) is 5.01 Å². The first-order valence-corrected chi connectivity index (χ1v) is 9.41. The number of hydrogen-bond donors (Lipinski definition) is 1. The van der Waals surface area contributed by atoms with Crippen molar-refractivity contribution in [2.45, 2.75) is 32.6 Å². The van der Waals surface area contributed by atoms with Crippen LogP contribution in [0, 0.1) is 12.8 Å². The average Bonchev–Trinajstić information content (AvgIpc) is 3.04. The van der Waals surface area contributed by atoms with Crippen molar-refractivity contribution in [1.82, 2.24) is 15.3 Å². The van der Waals surface area contributed by atoms with Crippen molar-refractivity contribution in [3.8, 4) is 0 Å². The van der Waals surface area contributed by atoms with Crippen LogP contribution in [0.15, 0.2) is 24.3 Å². The van der Waals surface area contributed by atoms with E-state index in [1.807, 2.05) is 5.06 Å². The Hall–Kier alpha value is -1.83. The predicted molar refractivity (Wildman–Crippen MR) is 98.4 cm³/mol. The van der Waals surface area contributed by atoms with E-state index in [0.717, 1.165) is 37.4 Å². The number of amides is 1. The molecule has 1 aromatic heterocycles. The van der Waals surface area contributed by atoms with Crippen molar-refractivity contribution in [1.29, 1.82) is 0 Å². The molecule has 1 amide bonds. The van der Waals surface area contributed by atoms with E-state index in [2.05, 4.69) is 46.7 Å². The number of piperidine rings is 1. The first-order valence-electron chi connectivity index (χ1n) is 8.59. The molecule has 1 saturated heterocycles. The van der Waals surface area contributed by atoms with Gasteiger partial charge in [-0.05, 0) is 31.2 Å². The lowest BCUT2D eigenvalue weighted by Crippen LogP contribution is -2.34. The second-order valence-corrected chi connectivity index (χ2v) is 7.53. The molecule has 134 valence electrons. The first-order chi connectivity index (χ1) is 12.1. The van der Waals surface area contributed by atoms with E-state index in [1.54, 1.807) is 7.11 Å². The average molecular weight is 360 g/mol. The van der Waals surface area contributed by atoms with Gasteiger partial charge in [0.2, 0.25) is 11.0 Å². The molecule has 25 heavy (non-hydrogen) atoms. The molecule has 1 aliphatic rings. The van der Waals surface area contributed by atoms with Crippen molar-refractivity contribution >= 4 is 22.4 Å². The lowest BCUT2D eigenvalue weighted by molar-refractivity contribution is -0.149. The molecule has 0 atom stereocenters. The predicted octanol–water partition coefficient (Wildman–Crippen LogP) is 3.04. The van der Waals surface area contributed by atoms with Crippen molar-refractivity contribution in [2.75, 3.05) is 25.5 Å². The van der Waals surface area contributed by atoms with Gasteiger partial charge in [0.25, 0.3) is 0 Å². The fraction of sp³-hybridized carbons (Fsp3) is 0.500. The van der Waals surface area contributed by atoms with Crippen LogP contribution in [0.3, 0.4) is 0 Å². The summed E-state index contributed by atoms with van der Waals surface area (Å²) in [6.07, 6.45) is 3.24. The quantitative estimate of drug-likeness (QED) is 0.858. The molecule has 1 fully saturated rings. The first kappa shape index (κ1) is 18.0. The largest absolute Gasteiger partial charge is 0.302 e. The third-order valence-electron chi connectivity index (χ3n) is 4.49. The molecule has 0 unspecified atom stereocenters. The Labute approximate surface area is 152 Å². The maximum absolute atomic E-state index is 12.2. The molecular weight excluding hydrogens is 336 g/mol. The Morgan fingerprint density at radius 2 is 2.00 bits per heavy atom. The normalized spacial score (nSPS) is 16.1. The highest BCUT2D eigenvalue weighted by Gasteiger charge is 2.22. The molecule has 0 aliphatic carbocycles. The summed E-state index contributed by atoms with van der Waals surface area (Å²) < 4.78 is 0. The minimum Gasteiger partial charge on any atom is -0.302 e. The van der Waals surface area contributed by atoms with E-state index < -0.39 is 0 Å². The molecule has 7 heteroatoms. The minimum atomic E-state index is 0.0221. The molecule has 0 bridgehead atoms. The molecule has 2 aromatic rings. The highest BCUT2D eigenvalue weighted by Crippen LogP contribution is 2.23. The zero-order chi connectivity index (χ0) is 17.6. The summed E-state index contributed by atoms with van der Waals surface area (Å²) >= 11 is 1.44. The van der Waals surface area contributed by atoms with E-state index >= 15 is 0 Å². The number of nitrogens with zero attached hydrogens (tertiary/aromatic N) is 3. The number of aryl methyl sites for hydroxylation is 1. The Morgan fingerprint density at radius 1 is 1.28 bits per heavy atom. The fourth-order valence-corrected chi connectivity index (χ4v) is 3.77. The van der Waals surface area contributed by atoms with Crippen LogP contribution < -0.4 is 5.32 Å². The Bertz CT molecular complexity index is 693. The fourth-order valence-electron chi connectivity index (χ4n) is 2.98. The van der Waals surface area contributed by atoms with Gasteiger partial charge in [-0.1, -0.05) is 41.2 Å². The van der Waals surface area contributed by atoms with Gasteiger partial charge in [-0.3, -0.25) is 4.79 Å². The van der Waals surface area contributed by atoms with Crippen LogP contribution in [0.5, 0.6) is 0 Å². The molecule has 1 N–H and O–H groups in total. The van der Waals surface area contributed by atoms with Crippen molar-refractivity contribution in [3.63, 3.8) is 0 Å².